The number of aliphatic imine (C=N–C) groups is 1. The number of H-pyrrole nitrogens is 2. The van der Waals surface area contributed by atoms with E-state index in [0.717, 1.165) is 85.5 Å². The molecule has 0 aromatic carbocycles. The van der Waals surface area contributed by atoms with E-state index >= 15 is 0 Å². The van der Waals surface area contributed by atoms with Crippen LogP contribution in [0.15, 0.2) is 48.0 Å². The van der Waals surface area contributed by atoms with Gasteiger partial charge in [-0.05, 0) is 137 Å². The predicted octanol–water partition coefficient (Wildman–Crippen LogP) is 9.70. The molecule has 9 rings (SSSR count). The standard InChI is InChI=1S/C25H34N6OS.C24H31N5O2S2.2H2/c1-15(2)22-23(18-10-16(3)25(27-12-18)28-14-26)29-19-11-20(33-24(19)22)17-6-8-31(9-7-17)21(32)13-30(4)5;1-15(2)21-22(18-11-16(3)24-25-14-26-29(24)13-18)27-19-12-20(32-23(19)21)17-5-7-28(8-6-17)9-10-33(4,30)31;;/h10-12,14-15,17,29H,6-9,13H2,1-5H3,(H2,26,27,28);11-15,17,27H,5-10H2,1-4H3;2*1H. The van der Waals surface area contributed by atoms with Crippen LogP contribution < -0.4 is 5.73 Å². The average Bonchev–Trinajstić information content (AvgIpc) is 4.10. The molecule has 14 nitrogen and oxygen atoms in total. The van der Waals surface area contributed by atoms with Crippen molar-refractivity contribution in [3.8, 4) is 22.5 Å². The van der Waals surface area contributed by atoms with Gasteiger partial charge in [-0.2, -0.15) is 5.10 Å². The minimum Gasteiger partial charge on any atom is -0.390 e. The Labute approximate surface area is 399 Å². The highest BCUT2D eigenvalue weighted by Gasteiger charge is 2.28. The number of nitrogens with two attached hydrogens (primary N) is 1. The molecule has 1 amide bonds. The highest BCUT2D eigenvalue weighted by Crippen LogP contribution is 2.45. The quantitative estimate of drug-likeness (QED) is 0.0796. The average molecular weight is 956 g/mol. The van der Waals surface area contributed by atoms with Crippen LogP contribution in [-0.4, -0.2) is 130 Å². The summed E-state index contributed by atoms with van der Waals surface area (Å²) in [5.74, 6) is 2.97. The summed E-state index contributed by atoms with van der Waals surface area (Å²) in [4.78, 5) is 41.9. The third-order valence-electron chi connectivity index (χ3n) is 13.1. The number of pyridine rings is 2. The molecule has 7 aromatic rings. The number of hydrogen-bond acceptors (Lipinski definition) is 11. The summed E-state index contributed by atoms with van der Waals surface area (Å²) in [6.45, 7) is 17.8. The molecule has 2 aliphatic heterocycles. The van der Waals surface area contributed by atoms with Crippen molar-refractivity contribution in [3.05, 3.63) is 75.0 Å². The van der Waals surface area contributed by atoms with Gasteiger partial charge < -0.3 is 30.4 Å². The minimum atomic E-state index is -2.90. The lowest BCUT2D eigenvalue weighted by atomic mass is 9.95. The number of thiophene rings is 2. The van der Waals surface area contributed by atoms with Crippen molar-refractivity contribution in [2.24, 2.45) is 10.7 Å². The van der Waals surface area contributed by atoms with Crippen molar-refractivity contribution in [2.45, 2.75) is 90.9 Å². The summed E-state index contributed by atoms with van der Waals surface area (Å²) in [7, 11) is 0.983. The predicted molar refractivity (Wildman–Crippen MR) is 277 cm³/mol. The van der Waals surface area contributed by atoms with Crippen LogP contribution in [0.5, 0.6) is 0 Å². The number of hydrogen-bond donors (Lipinski definition) is 3. The molecule has 356 valence electrons. The lowest BCUT2D eigenvalue weighted by Crippen LogP contribution is -2.42. The largest absolute Gasteiger partial charge is 0.390 e. The van der Waals surface area contributed by atoms with Crippen molar-refractivity contribution in [1.29, 1.82) is 0 Å². The van der Waals surface area contributed by atoms with Crippen molar-refractivity contribution in [1.82, 2.24) is 44.2 Å². The molecule has 0 atom stereocenters. The molecule has 0 saturated carbocycles. The first-order valence-electron chi connectivity index (χ1n) is 23.1. The molecule has 2 fully saturated rings. The van der Waals surface area contributed by atoms with E-state index in [9.17, 15) is 13.2 Å². The maximum Gasteiger partial charge on any atom is 0.236 e. The zero-order chi connectivity index (χ0) is 47.0. The second-order valence-corrected chi connectivity index (χ2v) is 23.6. The number of piperidine rings is 2. The number of carbonyl (C=O) groups is 1. The number of sulfone groups is 1. The van der Waals surface area contributed by atoms with Crippen LogP contribution in [0.2, 0.25) is 0 Å². The third kappa shape index (κ3) is 10.3. The monoisotopic (exact) mass is 955 g/mol. The minimum absolute atomic E-state index is 0. The van der Waals surface area contributed by atoms with E-state index in [2.05, 4.69) is 100 Å². The molecule has 0 spiro atoms. The van der Waals surface area contributed by atoms with Crippen LogP contribution >= 0.6 is 22.7 Å². The summed E-state index contributed by atoms with van der Waals surface area (Å²) in [6, 6.07) is 8.98. The van der Waals surface area contributed by atoms with Gasteiger partial charge in [-0.25, -0.2) is 27.9 Å². The zero-order valence-corrected chi connectivity index (χ0v) is 42.3. The molecular formula is C49H69N11O3S3. The number of likely N-dealkylation sites (N-methyl/N-ethyl adjacent to an activating group) is 1. The number of amides is 1. The van der Waals surface area contributed by atoms with Crippen molar-refractivity contribution < 1.29 is 16.1 Å². The van der Waals surface area contributed by atoms with Gasteiger partial charge in [-0.1, -0.05) is 27.7 Å². The van der Waals surface area contributed by atoms with Crippen LogP contribution in [-0.2, 0) is 14.6 Å². The second-order valence-electron chi connectivity index (χ2n) is 19.1. The zero-order valence-electron chi connectivity index (χ0n) is 39.8. The Kier molecular flexibility index (Phi) is 14.2. The number of nitrogens with one attached hydrogen (secondary N) is 2. The maximum absolute atomic E-state index is 12.4. The molecule has 9 heterocycles. The van der Waals surface area contributed by atoms with Gasteiger partial charge in [0.25, 0.3) is 0 Å². The lowest BCUT2D eigenvalue weighted by molar-refractivity contribution is -0.132. The summed E-state index contributed by atoms with van der Waals surface area (Å²) in [5, 5.41) is 4.35. The van der Waals surface area contributed by atoms with E-state index in [1.165, 1.54) is 59.6 Å². The number of nitrogens with zero attached hydrogens (tertiary/aromatic N) is 8. The Balaban J connectivity index is 0.000000218. The normalized spacial score (nSPS) is 16.0. The Morgan fingerprint density at radius 3 is 1.97 bits per heavy atom. The summed E-state index contributed by atoms with van der Waals surface area (Å²) in [6.07, 6.45) is 12.3. The lowest BCUT2D eigenvalue weighted by Gasteiger charge is -2.32. The summed E-state index contributed by atoms with van der Waals surface area (Å²) < 4.78 is 27.5. The first-order valence-corrected chi connectivity index (χ1v) is 26.8. The maximum atomic E-state index is 12.4. The molecule has 0 bridgehead atoms. The van der Waals surface area contributed by atoms with Crippen molar-refractivity contribution in [2.75, 3.05) is 65.4 Å². The van der Waals surface area contributed by atoms with Crippen LogP contribution in [0, 0.1) is 13.8 Å². The highest BCUT2D eigenvalue weighted by molar-refractivity contribution is 7.90. The number of aromatic nitrogens is 6. The Bertz CT molecular complexity index is 2990. The van der Waals surface area contributed by atoms with E-state index in [1.807, 2.05) is 64.2 Å². The topological polar surface area (TPSA) is 174 Å². The Morgan fingerprint density at radius 1 is 0.879 bits per heavy atom. The van der Waals surface area contributed by atoms with Gasteiger partial charge in [0.05, 0.1) is 50.5 Å². The van der Waals surface area contributed by atoms with Crippen LogP contribution in [0.25, 0.3) is 48.6 Å². The molecule has 4 N–H and O–H groups in total. The number of fused-ring (bicyclic) bond motifs is 3. The number of likely N-dealkylation sites (tertiary alicyclic amines) is 2. The molecule has 17 heteroatoms. The molecule has 2 saturated heterocycles. The number of carbonyl (C=O) groups excluding carboxylic acids is 1. The Morgan fingerprint density at radius 2 is 1.44 bits per heavy atom. The van der Waals surface area contributed by atoms with E-state index in [1.54, 1.807) is 6.33 Å². The number of aryl methyl sites for hydroxylation is 2. The SMILES string of the molecule is Cc1cc(-c2[nH]c3cc(C4CCN(C(=O)CN(C)C)CC4)sc3c2C(C)C)cnc1N=CN.Cc1cc(-c2[nH]c3cc(C4CCN(CCS(C)(=O)=O)CC4)sc3c2C(C)C)cn2ncnc12.[HH].[HH]. The van der Waals surface area contributed by atoms with Crippen LogP contribution in [0.1, 0.15) is 112 Å². The van der Waals surface area contributed by atoms with Gasteiger partial charge in [0, 0.05) is 62.0 Å². The summed E-state index contributed by atoms with van der Waals surface area (Å²) >= 11 is 3.83. The van der Waals surface area contributed by atoms with Gasteiger partial charge in [0.2, 0.25) is 5.91 Å². The van der Waals surface area contributed by atoms with Gasteiger partial charge in [-0.3, -0.25) is 4.79 Å². The van der Waals surface area contributed by atoms with E-state index < -0.39 is 9.84 Å². The molecule has 0 unspecified atom stereocenters. The molecule has 66 heavy (non-hydrogen) atoms. The first-order chi connectivity index (χ1) is 31.5. The first kappa shape index (κ1) is 47.5. The van der Waals surface area contributed by atoms with Gasteiger partial charge in [0.15, 0.2) is 11.5 Å². The van der Waals surface area contributed by atoms with E-state index in [0.29, 0.717) is 42.6 Å². The van der Waals surface area contributed by atoms with Crippen molar-refractivity contribution >= 4 is 76.7 Å². The molecule has 7 aromatic heterocycles. The van der Waals surface area contributed by atoms with E-state index in [-0.39, 0.29) is 14.5 Å². The second kappa shape index (κ2) is 19.7. The van der Waals surface area contributed by atoms with E-state index in [4.69, 9.17) is 5.73 Å². The molecule has 0 aliphatic carbocycles. The highest BCUT2D eigenvalue weighted by atomic mass is 32.2. The fourth-order valence-corrected chi connectivity index (χ4v) is 13.2. The van der Waals surface area contributed by atoms with Crippen LogP contribution in [0.3, 0.4) is 0 Å². The molecule has 0 radical (unpaired) electrons. The number of rotatable bonds is 12. The van der Waals surface area contributed by atoms with Gasteiger partial charge >= 0.3 is 0 Å². The van der Waals surface area contributed by atoms with Crippen LogP contribution in [0.4, 0.5) is 5.82 Å². The van der Waals surface area contributed by atoms with Gasteiger partial charge in [-0.15, -0.1) is 22.7 Å². The Hall–Kier alpha value is -4.94. The van der Waals surface area contributed by atoms with Crippen molar-refractivity contribution in [3.63, 3.8) is 0 Å². The third-order valence-corrected chi connectivity index (χ3v) is 16.6. The smallest absolute Gasteiger partial charge is 0.236 e. The molecule has 2 aliphatic rings. The molecular weight excluding hydrogens is 887 g/mol. The van der Waals surface area contributed by atoms with Gasteiger partial charge in [0.1, 0.15) is 16.2 Å². The summed E-state index contributed by atoms with van der Waals surface area (Å²) in [5.41, 5.74) is 18.1. The fourth-order valence-electron chi connectivity index (χ4n) is 9.66. The fraction of sp³-hybridized carbons (Fsp3) is 0.490. The number of aromatic amines is 2.